The molecule has 2 rings (SSSR count). The number of para-hydroxylation sites is 1. The van der Waals surface area contributed by atoms with E-state index in [-0.39, 0.29) is 5.75 Å². The molecule has 0 heterocycles. The highest BCUT2D eigenvalue weighted by Crippen LogP contribution is 2.18. The number of urea groups is 1. The predicted octanol–water partition coefficient (Wildman–Crippen LogP) is 2.92. The lowest BCUT2D eigenvalue weighted by Gasteiger charge is -2.08. The summed E-state index contributed by atoms with van der Waals surface area (Å²) in [4.78, 5) is 11.7. The number of nitrogens with one attached hydrogen (secondary N) is 2. The van der Waals surface area contributed by atoms with Crippen LogP contribution in [0, 0.1) is 0 Å². The Balaban J connectivity index is 1.95. The van der Waals surface area contributed by atoms with Crippen LogP contribution in [0.1, 0.15) is 0 Å². The lowest BCUT2D eigenvalue weighted by atomic mass is 10.3. The third-order valence-corrected chi connectivity index (χ3v) is 2.73. The molecule has 110 valence electrons. The van der Waals surface area contributed by atoms with Crippen LogP contribution in [0.15, 0.2) is 54.6 Å². The fourth-order valence-corrected chi connectivity index (χ4v) is 1.86. The Kier molecular flexibility index (Phi) is 4.39. The molecule has 0 fully saturated rings. The first-order chi connectivity index (χ1) is 9.92. The van der Waals surface area contributed by atoms with Crippen LogP contribution in [0.4, 0.5) is 20.1 Å². The van der Waals surface area contributed by atoms with Crippen molar-refractivity contribution in [3.63, 3.8) is 0 Å². The Bertz CT molecular complexity index is 718. The summed E-state index contributed by atoms with van der Waals surface area (Å²) in [5.41, 5.74) is 1.02. The highest BCUT2D eigenvalue weighted by molar-refractivity contribution is 7.81. The van der Waals surface area contributed by atoms with Crippen LogP contribution in [-0.4, -0.2) is 14.4 Å². The van der Waals surface area contributed by atoms with E-state index in [1.807, 2.05) is 6.07 Å². The van der Waals surface area contributed by atoms with Gasteiger partial charge in [0.1, 0.15) is 5.75 Å². The predicted molar refractivity (Wildman–Crippen MR) is 76.2 cm³/mol. The van der Waals surface area contributed by atoms with Gasteiger partial charge in [0.25, 0.3) is 0 Å². The number of rotatable bonds is 4. The van der Waals surface area contributed by atoms with Crippen molar-refractivity contribution in [3.05, 3.63) is 54.6 Å². The number of hydrogen-bond donors (Lipinski definition) is 2. The standard InChI is InChI=1S/C13H11FN2O4S/c14-21(18,19)20-12-8-6-11(7-9-12)16-13(17)15-10-4-2-1-3-5-10/h1-9H,(H2,15,16,17). The summed E-state index contributed by atoms with van der Waals surface area (Å²) in [6.45, 7) is 0. The molecule has 0 aromatic heterocycles. The van der Waals surface area contributed by atoms with Gasteiger partial charge in [-0.25, -0.2) is 4.79 Å². The molecule has 2 N–H and O–H groups in total. The van der Waals surface area contributed by atoms with Crippen LogP contribution < -0.4 is 14.8 Å². The van der Waals surface area contributed by atoms with Crippen molar-refractivity contribution in [3.8, 4) is 5.75 Å². The van der Waals surface area contributed by atoms with E-state index in [1.165, 1.54) is 24.3 Å². The van der Waals surface area contributed by atoms with Crippen molar-refractivity contribution in [2.45, 2.75) is 0 Å². The summed E-state index contributed by atoms with van der Waals surface area (Å²) in [5.74, 6) is -0.188. The van der Waals surface area contributed by atoms with Crippen molar-refractivity contribution in [1.29, 1.82) is 0 Å². The molecule has 8 heteroatoms. The van der Waals surface area contributed by atoms with Crippen molar-refractivity contribution >= 4 is 27.9 Å². The van der Waals surface area contributed by atoms with Gasteiger partial charge < -0.3 is 14.8 Å². The summed E-state index contributed by atoms with van der Waals surface area (Å²) in [7, 11) is -5.05. The number of carbonyl (C=O) groups excluding carboxylic acids is 1. The van der Waals surface area contributed by atoms with Gasteiger partial charge in [0.15, 0.2) is 0 Å². The number of hydrogen-bond acceptors (Lipinski definition) is 4. The maximum Gasteiger partial charge on any atom is 0.488 e. The zero-order valence-corrected chi connectivity index (χ0v) is 11.4. The summed E-state index contributed by atoms with van der Waals surface area (Å²) in [6, 6.07) is 13.6. The molecular weight excluding hydrogens is 299 g/mol. The average Bonchev–Trinajstić information content (AvgIpc) is 2.40. The summed E-state index contributed by atoms with van der Waals surface area (Å²) in [6.07, 6.45) is 0. The molecule has 0 aliphatic rings. The first kappa shape index (κ1) is 14.8. The molecule has 0 aliphatic heterocycles. The monoisotopic (exact) mass is 310 g/mol. The third kappa shape index (κ3) is 5.11. The second-order valence-electron chi connectivity index (χ2n) is 3.95. The van der Waals surface area contributed by atoms with Gasteiger partial charge >= 0.3 is 16.5 Å². The number of halogens is 1. The highest BCUT2D eigenvalue weighted by Gasteiger charge is 2.09. The van der Waals surface area contributed by atoms with Gasteiger partial charge in [-0.05, 0) is 36.4 Å². The van der Waals surface area contributed by atoms with Gasteiger partial charge in [-0.1, -0.05) is 22.1 Å². The third-order valence-electron chi connectivity index (χ3n) is 2.34. The van der Waals surface area contributed by atoms with Crippen molar-refractivity contribution < 1.29 is 21.3 Å². The maximum absolute atomic E-state index is 12.3. The molecule has 2 amide bonds. The van der Waals surface area contributed by atoms with Gasteiger partial charge in [-0.2, -0.15) is 8.42 Å². The van der Waals surface area contributed by atoms with Gasteiger partial charge in [-0.3, -0.25) is 0 Å². The highest BCUT2D eigenvalue weighted by atomic mass is 32.3. The van der Waals surface area contributed by atoms with Crippen molar-refractivity contribution in [2.75, 3.05) is 10.6 Å². The Labute approximate surface area is 121 Å². The van der Waals surface area contributed by atoms with Crippen LogP contribution >= 0.6 is 0 Å². The number of anilines is 2. The molecule has 0 spiro atoms. The molecule has 21 heavy (non-hydrogen) atoms. The molecular formula is C13H11FN2O4S. The van der Waals surface area contributed by atoms with Crippen molar-refractivity contribution in [1.82, 2.24) is 0 Å². The number of amides is 2. The maximum atomic E-state index is 12.3. The Morgan fingerprint density at radius 3 is 1.95 bits per heavy atom. The molecule has 0 atom stereocenters. The van der Waals surface area contributed by atoms with E-state index in [1.54, 1.807) is 24.3 Å². The minimum atomic E-state index is -5.05. The Morgan fingerprint density at radius 1 is 0.905 bits per heavy atom. The molecule has 6 nitrogen and oxygen atoms in total. The van der Waals surface area contributed by atoms with Crippen LogP contribution in [0.5, 0.6) is 5.75 Å². The smallest absolute Gasteiger partial charge is 0.358 e. The van der Waals surface area contributed by atoms with Crippen LogP contribution in [0.3, 0.4) is 0 Å². The van der Waals surface area contributed by atoms with Gasteiger partial charge in [0.05, 0.1) is 0 Å². The molecule has 0 unspecified atom stereocenters. The quantitative estimate of drug-likeness (QED) is 0.850. The zero-order chi connectivity index (χ0) is 15.3. The number of benzene rings is 2. The first-order valence-corrected chi connectivity index (χ1v) is 7.10. The molecule has 0 bridgehead atoms. The molecule has 0 aliphatic carbocycles. The van der Waals surface area contributed by atoms with Gasteiger partial charge in [0, 0.05) is 11.4 Å². The van der Waals surface area contributed by atoms with E-state index in [0.29, 0.717) is 11.4 Å². The lowest BCUT2D eigenvalue weighted by Crippen LogP contribution is -2.19. The molecule has 0 saturated carbocycles. The summed E-state index contributed by atoms with van der Waals surface area (Å²) >= 11 is 0. The fraction of sp³-hybridized carbons (Fsp3) is 0. The number of carbonyl (C=O) groups is 1. The van der Waals surface area contributed by atoms with Gasteiger partial charge in [-0.15, -0.1) is 0 Å². The normalized spacial score (nSPS) is 10.7. The minimum absolute atomic E-state index is 0.188. The first-order valence-electron chi connectivity index (χ1n) is 5.79. The second-order valence-corrected chi connectivity index (χ2v) is 4.90. The molecule has 2 aromatic rings. The summed E-state index contributed by atoms with van der Waals surface area (Å²) in [5, 5.41) is 5.14. The van der Waals surface area contributed by atoms with Crippen molar-refractivity contribution in [2.24, 2.45) is 0 Å². The lowest BCUT2D eigenvalue weighted by molar-refractivity contribution is 0.262. The topological polar surface area (TPSA) is 84.5 Å². The zero-order valence-electron chi connectivity index (χ0n) is 10.6. The Hall–Kier alpha value is -2.61. The van der Waals surface area contributed by atoms with E-state index in [0.717, 1.165) is 0 Å². The average molecular weight is 310 g/mol. The largest absolute Gasteiger partial charge is 0.488 e. The fourth-order valence-electron chi connectivity index (χ4n) is 1.52. The van der Waals surface area contributed by atoms with E-state index < -0.39 is 16.5 Å². The second kappa shape index (κ2) is 6.23. The Morgan fingerprint density at radius 2 is 1.43 bits per heavy atom. The van der Waals surface area contributed by atoms with E-state index in [9.17, 15) is 17.1 Å². The molecule has 2 aromatic carbocycles. The van der Waals surface area contributed by atoms with Crippen LogP contribution in [0.25, 0.3) is 0 Å². The summed E-state index contributed by atoms with van der Waals surface area (Å²) < 4.78 is 36.9. The molecule has 0 radical (unpaired) electrons. The molecule has 0 saturated heterocycles. The minimum Gasteiger partial charge on any atom is -0.358 e. The van der Waals surface area contributed by atoms with Crippen LogP contribution in [0.2, 0.25) is 0 Å². The SMILES string of the molecule is O=C(Nc1ccccc1)Nc1ccc(OS(=O)(=O)F)cc1. The van der Waals surface area contributed by atoms with Crippen LogP contribution in [-0.2, 0) is 10.5 Å². The van der Waals surface area contributed by atoms with E-state index >= 15 is 0 Å². The van der Waals surface area contributed by atoms with E-state index in [2.05, 4.69) is 14.8 Å². The van der Waals surface area contributed by atoms with Gasteiger partial charge in [0.2, 0.25) is 0 Å². The van der Waals surface area contributed by atoms with E-state index in [4.69, 9.17) is 0 Å².